The number of nitrogens with zero attached hydrogens (tertiary/aromatic N) is 3. The summed E-state index contributed by atoms with van der Waals surface area (Å²) >= 11 is 6.07. The molecular formula is C20H24ClN3O. The SMILES string of the molecule is CN(CCC(=O)N1CCN(c2cccc(Cl)c2)CC1)c1ccccc1. The minimum atomic E-state index is 0.230. The number of amides is 1. The van der Waals surface area contributed by atoms with Crippen LogP contribution in [0.2, 0.25) is 5.02 Å². The standard InChI is InChI=1S/C20H24ClN3O/c1-22(18-7-3-2-4-8-18)11-10-20(25)24-14-12-23(13-15-24)19-9-5-6-17(21)16-19/h2-9,16H,10-15H2,1H3. The lowest BCUT2D eigenvalue weighted by Gasteiger charge is -2.36. The van der Waals surface area contributed by atoms with Gasteiger partial charge < -0.3 is 14.7 Å². The second kappa shape index (κ2) is 8.26. The minimum Gasteiger partial charge on any atom is -0.374 e. The minimum absolute atomic E-state index is 0.230. The molecule has 1 amide bonds. The number of benzene rings is 2. The first-order valence-corrected chi connectivity index (χ1v) is 9.06. The molecule has 0 unspecified atom stereocenters. The number of hydrogen-bond acceptors (Lipinski definition) is 3. The van der Waals surface area contributed by atoms with Crippen molar-refractivity contribution >= 4 is 28.9 Å². The Balaban J connectivity index is 1.47. The van der Waals surface area contributed by atoms with E-state index in [1.807, 2.05) is 48.3 Å². The topological polar surface area (TPSA) is 26.8 Å². The second-order valence-corrected chi connectivity index (χ2v) is 6.79. The molecule has 1 aliphatic rings. The molecule has 5 heteroatoms. The smallest absolute Gasteiger partial charge is 0.224 e. The number of carbonyl (C=O) groups excluding carboxylic acids is 1. The lowest BCUT2D eigenvalue weighted by atomic mass is 10.2. The van der Waals surface area contributed by atoms with Crippen LogP contribution in [-0.4, -0.2) is 50.6 Å². The number of hydrogen-bond donors (Lipinski definition) is 0. The number of carbonyl (C=O) groups is 1. The predicted molar refractivity (Wildman–Crippen MR) is 105 cm³/mol. The van der Waals surface area contributed by atoms with E-state index >= 15 is 0 Å². The van der Waals surface area contributed by atoms with Crippen LogP contribution < -0.4 is 9.80 Å². The number of para-hydroxylation sites is 1. The highest BCUT2D eigenvalue weighted by atomic mass is 35.5. The molecule has 0 saturated carbocycles. The van der Waals surface area contributed by atoms with Gasteiger partial charge >= 0.3 is 0 Å². The van der Waals surface area contributed by atoms with Gasteiger partial charge in [0.1, 0.15) is 0 Å². The van der Waals surface area contributed by atoms with Crippen LogP contribution >= 0.6 is 11.6 Å². The summed E-state index contributed by atoms with van der Waals surface area (Å²) in [6.45, 7) is 3.96. The third-order valence-corrected chi connectivity index (χ3v) is 4.90. The largest absolute Gasteiger partial charge is 0.374 e. The van der Waals surface area contributed by atoms with Crippen molar-refractivity contribution in [3.63, 3.8) is 0 Å². The number of piperazine rings is 1. The summed E-state index contributed by atoms with van der Waals surface area (Å²) in [5, 5.41) is 0.750. The van der Waals surface area contributed by atoms with Gasteiger partial charge in [0, 0.05) is 62.6 Å². The van der Waals surface area contributed by atoms with E-state index in [4.69, 9.17) is 11.6 Å². The van der Waals surface area contributed by atoms with Gasteiger partial charge in [-0.25, -0.2) is 0 Å². The molecule has 4 nitrogen and oxygen atoms in total. The fourth-order valence-electron chi connectivity index (χ4n) is 3.12. The Morgan fingerprint density at radius 2 is 1.76 bits per heavy atom. The fraction of sp³-hybridized carbons (Fsp3) is 0.350. The molecule has 0 bridgehead atoms. The first-order chi connectivity index (χ1) is 12.1. The highest BCUT2D eigenvalue weighted by Crippen LogP contribution is 2.21. The van der Waals surface area contributed by atoms with Crippen LogP contribution in [0, 0.1) is 0 Å². The maximum Gasteiger partial charge on any atom is 0.224 e. The average molecular weight is 358 g/mol. The van der Waals surface area contributed by atoms with Gasteiger partial charge in [0.15, 0.2) is 0 Å². The maximum atomic E-state index is 12.5. The summed E-state index contributed by atoms with van der Waals surface area (Å²) in [6, 6.07) is 18.1. The molecule has 1 fully saturated rings. The van der Waals surface area contributed by atoms with Crippen molar-refractivity contribution < 1.29 is 4.79 Å². The van der Waals surface area contributed by atoms with E-state index in [1.54, 1.807) is 0 Å². The van der Waals surface area contributed by atoms with Crippen molar-refractivity contribution in [2.75, 3.05) is 49.6 Å². The van der Waals surface area contributed by atoms with Gasteiger partial charge in [-0.15, -0.1) is 0 Å². The van der Waals surface area contributed by atoms with Gasteiger partial charge in [-0.1, -0.05) is 35.9 Å². The zero-order valence-electron chi connectivity index (χ0n) is 14.6. The molecule has 132 valence electrons. The molecule has 1 saturated heterocycles. The quantitative estimate of drug-likeness (QED) is 0.819. The zero-order chi connectivity index (χ0) is 17.6. The fourth-order valence-corrected chi connectivity index (χ4v) is 3.30. The lowest BCUT2D eigenvalue weighted by Crippen LogP contribution is -2.49. The van der Waals surface area contributed by atoms with Crippen LogP contribution in [0.25, 0.3) is 0 Å². The first-order valence-electron chi connectivity index (χ1n) is 8.68. The molecule has 2 aromatic carbocycles. The van der Waals surface area contributed by atoms with Gasteiger partial charge in [-0.2, -0.15) is 0 Å². The van der Waals surface area contributed by atoms with E-state index in [0.29, 0.717) is 6.42 Å². The third kappa shape index (κ3) is 4.67. The Bertz CT molecular complexity index is 699. The molecule has 0 radical (unpaired) electrons. The Labute approximate surface area is 154 Å². The Kier molecular flexibility index (Phi) is 5.82. The second-order valence-electron chi connectivity index (χ2n) is 6.35. The van der Waals surface area contributed by atoms with Crippen molar-refractivity contribution in [3.05, 3.63) is 59.6 Å². The van der Waals surface area contributed by atoms with Gasteiger partial charge in [-0.3, -0.25) is 4.79 Å². The maximum absolute atomic E-state index is 12.5. The zero-order valence-corrected chi connectivity index (χ0v) is 15.3. The number of halogens is 1. The van der Waals surface area contributed by atoms with Crippen molar-refractivity contribution in [1.29, 1.82) is 0 Å². The predicted octanol–water partition coefficient (Wildman–Crippen LogP) is 3.52. The molecular weight excluding hydrogens is 334 g/mol. The summed E-state index contributed by atoms with van der Waals surface area (Å²) in [7, 11) is 2.03. The molecule has 0 spiro atoms. The summed E-state index contributed by atoms with van der Waals surface area (Å²) in [4.78, 5) is 18.9. The molecule has 3 rings (SSSR count). The van der Waals surface area contributed by atoms with Crippen molar-refractivity contribution in [2.24, 2.45) is 0 Å². The van der Waals surface area contributed by atoms with E-state index in [9.17, 15) is 4.79 Å². The van der Waals surface area contributed by atoms with E-state index in [0.717, 1.165) is 49.1 Å². The molecule has 1 aliphatic heterocycles. The summed E-state index contributed by atoms with van der Waals surface area (Å²) < 4.78 is 0. The van der Waals surface area contributed by atoms with Gasteiger partial charge in [0.25, 0.3) is 0 Å². The number of rotatable bonds is 5. The highest BCUT2D eigenvalue weighted by molar-refractivity contribution is 6.30. The molecule has 0 N–H and O–H groups in total. The van der Waals surface area contributed by atoms with E-state index in [-0.39, 0.29) is 5.91 Å². The Hall–Kier alpha value is -2.20. The average Bonchev–Trinajstić information content (AvgIpc) is 2.66. The summed E-state index contributed by atoms with van der Waals surface area (Å²) in [5.41, 5.74) is 2.27. The molecule has 2 aromatic rings. The van der Waals surface area contributed by atoms with Crippen LogP contribution in [0.4, 0.5) is 11.4 Å². The monoisotopic (exact) mass is 357 g/mol. The van der Waals surface area contributed by atoms with Crippen LogP contribution in [0.1, 0.15) is 6.42 Å². The summed E-state index contributed by atoms with van der Waals surface area (Å²) in [5.74, 6) is 0.230. The van der Waals surface area contributed by atoms with Gasteiger partial charge in [0.2, 0.25) is 5.91 Å². The van der Waals surface area contributed by atoms with E-state index < -0.39 is 0 Å². The van der Waals surface area contributed by atoms with Gasteiger partial charge in [0.05, 0.1) is 0 Å². The number of anilines is 2. The lowest BCUT2D eigenvalue weighted by molar-refractivity contribution is -0.131. The molecule has 25 heavy (non-hydrogen) atoms. The molecule has 0 atom stereocenters. The first kappa shape index (κ1) is 17.6. The van der Waals surface area contributed by atoms with Crippen LogP contribution in [0.3, 0.4) is 0 Å². The Morgan fingerprint density at radius 3 is 2.44 bits per heavy atom. The van der Waals surface area contributed by atoms with Crippen molar-refractivity contribution in [2.45, 2.75) is 6.42 Å². The van der Waals surface area contributed by atoms with Gasteiger partial charge in [-0.05, 0) is 30.3 Å². The van der Waals surface area contributed by atoms with E-state index in [1.165, 1.54) is 0 Å². The van der Waals surface area contributed by atoms with Crippen LogP contribution in [0.15, 0.2) is 54.6 Å². The molecule has 0 aliphatic carbocycles. The van der Waals surface area contributed by atoms with Crippen LogP contribution in [0.5, 0.6) is 0 Å². The van der Waals surface area contributed by atoms with Crippen molar-refractivity contribution in [3.8, 4) is 0 Å². The summed E-state index contributed by atoms with van der Waals surface area (Å²) in [6.07, 6.45) is 0.544. The van der Waals surface area contributed by atoms with Crippen molar-refractivity contribution in [1.82, 2.24) is 4.90 Å². The third-order valence-electron chi connectivity index (χ3n) is 4.66. The highest BCUT2D eigenvalue weighted by Gasteiger charge is 2.21. The molecule has 1 heterocycles. The van der Waals surface area contributed by atoms with E-state index in [2.05, 4.69) is 28.0 Å². The normalized spacial score (nSPS) is 14.5. The Morgan fingerprint density at radius 1 is 1.04 bits per heavy atom. The molecule has 0 aromatic heterocycles. The van der Waals surface area contributed by atoms with Crippen LogP contribution in [-0.2, 0) is 4.79 Å².